The van der Waals surface area contributed by atoms with E-state index >= 15 is 0 Å². The van der Waals surface area contributed by atoms with Crippen molar-refractivity contribution in [3.05, 3.63) is 46.8 Å². The molecule has 0 aliphatic heterocycles. The van der Waals surface area contributed by atoms with E-state index in [2.05, 4.69) is 11.4 Å². The van der Waals surface area contributed by atoms with Gasteiger partial charge in [-0.1, -0.05) is 29.8 Å². The Kier molecular flexibility index (Phi) is 3.91. The highest BCUT2D eigenvalue weighted by Gasteiger charge is 2.40. The second-order valence-electron chi connectivity index (χ2n) is 5.84. The topological polar surface area (TPSA) is 66.4 Å². The lowest BCUT2D eigenvalue weighted by Crippen LogP contribution is -2.39. The van der Waals surface area contributed by atoms with Gasteiger partial charge < -0.3 is 10.4 Å². The number of carbonyl (C=O) groups is 2. The quantitative estimate of drug-likeness (QED) is 0.837. The van der Waals surface area contributed by atoms with Crippen molar-refractivity contribution in [3.8, 4) is 0 Å². The minimum absolute atomic E-state index is 0.0857. The maximum atomic E-state index is 13.5. The second kappa shape index (κ2) is 5.72. The number of aliphatic carboxylic acids is 1. The fourth-order valence-corrected chi connectivity index (χ4v) is 3.43. The number of nitrogens with one attached hydrogen (secondary N) is 1. The molecule has 0 radical (unpaired) electrons. The SMILES string of the molecule is O=C(N[C@@H](C(=O)O)c1ccc(Cl)c(F)c1)[C@H]1C[C@H]2C=C[C@H]1C2. The van der Waals surface area contributed by atoms with Crippen molar-refractivity contribution in [3.63, 3.8) is 0 Å². The molecule has 2 aliphatic carbocycles. The standard InChI is InChI=1S/C16H15ClFNO3/c17-12-4-3-10(7-13(12)18)14(16(21)22)19-15(20)11-6-8-1-2-9(11)5-8/h1-4,7-9,11,14H,5-6H2,(H,19,20)(H,21,22)/t8-,9-,11-,14+/m0/s1. The summed E-state index contributed by atoms with van der Waals surface area (Å²) < 4.78 is 13.5. The van der Waals surface area contributed by atoms with Crippen molar-refractivity contribution in [2.75, 3.05) is 0 Å². The van der Waals surface area contributed by atoms with Crippen molar-refractivity contribution in [2.24, 2.45) is 17.8 Å². The number of carboxylic acid groups (broad SMARTS) is 1. The first-order valence-corrected chi connectivity index (χ1v) is 7.50. The van der Waals surface area contributed by atoms with Gasteiger partial charge in [0, 0.05) is 5.92 Å². The largest absolute Gasteiger partial charge is 0.479 e. The lowest BCUT2D eigenvalue weighted by molar-refractivity contribution is -0.142. The zero-order valence-corrected chi connectivity index (χ0v) is 12.4. The van der Waals surface area contributed by atoms with Crippen LogP contribution in [0.2, 0.25) is 5.02 Å². The summed E-state index contributed by atoms with van der Waals surface area (Å²) in [5.74, 6) is -1.83. The molecule has 0 heterocycles. The first kappa shape index (κ1) is 15.0. The van der Waals surface area contributed by atoms with Gasteiger partial charge in [0.2, 0.25) is 5.91 Å². The Labute approximate surface area is 132 Å². The van der Waals surface area contributed by atoms with Crippen LogP contribution in [0.4, 0.5) is 4.39 Å². The maximum absolute atomic E-state index is 13.5. The number of allylic oxidation sites excluding steroid dienone is 2. The van der Waals surface area contributed by atoms with E-state index in [1.807, 2.05) is 6.08 Å². The molecule has 0 saturated heterocycles. The van der Waals surface area contributed by atoms with E-state index in [-0.39, 0.29) is 28.3 Å². The number of amides is 1. The van der Waals surface area contributed by atoms with Crippen molar-refractivity contribution in [2.45, 2.75) is 18.9 Å². The Balaban J connectivity index is 1.77. The second-order valence-corrected chi connectivity index (χ2v) is 6.25. The van der Waals surface area contributed by atoms with Crippen LogP contribution < -0.4 is 5.32 Å². The Hall–Kier alpha value is -1.88. The van der Waals surface area contributed by atoms with Crippen LogP contribution in [0, 0.1) is 23.6 Å². The molecule has 6 heteroatoms. The summed E-state index contributed by atoms with van der Waals surface area (Å²) in [7, 11) is 0. The van der Waals surface area contributed by atoms with Gasteiger partial charge in [-0.25, -0.2) is 9.18 Å². The molecule has 1 aromatic rings. The predicted octanol–water partition coefficient (Wildman–Crippen LogP) is 2.93. The molecule has 1 amide bonds. The molecule has 1 saturated carbocycles. The van der Waals surface area contributed by atoms with Gasteiger partial charge in [-0.05, 0) is 42.4 Å². The molecule has 116 valence electrons. The van der Waals surface area contributed by atoms with E-state index in [0.29, 0.717) is 5.92 Å². The number of rotatable bonds is 4. The van der Waals surface area contributed by atoms with E-state index < -0.39 is 17.8 Å². The molecule has 4 atom stereocenters. The maximum Gasteiger partial charge on any atom is 0.330 e. The minimum Gasteiger partial charge on any atom is -0.479 e. The zero-order valence-electron chi connectivity index (χ0n) is 11.6. The number of fused-ring (bicyclic) bond motifs is 2. The van der Waals surface area contributed by atoms with Gasteiger partial charge in [0.15, 0.2) is 6.04 Å². The number of benzene rings is 1. The Morgan fingerprint density at radius 1 is 1.32 bits per heavy atom. The normalized spacial score (nSPS) is 26.9. The highest BCUT2D eigenvalue weighted by molar-refractivity contribution is 6.30. The zero-order chi connectivity index (χ0) is 15.9. The van der Waals surface area contributed by atoms with Crippen molar-refractivity contribution in [1.82, 2.24) is 5.32 Å². The summed E-state index contributed by atoms with van der Waals surface area (Å²) in [5.41, 5.74) is 0.168. The highest BCUT2D eigenvalue weighted by Crippen LogP contribution is 2.43. The average molecular weight is 324 g/mol. The van der Waals surface area contributed by atoms with E-state index in [4.69, 9.17) is 11.6 Å². The lowest BCUT2D eigenvalue weighted by atomic mass is 9.92. The van der Waals surface area contributed by atoms with Crippen LogP contribution in [-0.4, -0.2) is 17.0 Å². The van der Waals surface area contributed by atoms with Crippen LogP contribution in [0.15, 0.2) is 30.4 Å². The van der Waals surface area contributed by atoms with Gasteiger partial charge in [-0.3, -0.25) is 4.79 Å². The number of hydrogen-bond acceptors (Lipinski definition) is 2. The molecule has 3 rings (SSSR count). The molecule has 4 nitrogen and oxygen atoms in total. The van der Waals surface area contributed by atoms with Crippen LogP contribution in [0.3, 0.4) is 0 Å². The number of halogens is 2. The Morgan fingerprint density at radius 3 is 2.64 bits per heavy atom. The van der Waals surface area contributed by atoms with Crippen LogP contribution in [0.1, 0.15) is 24.4 Å². The first-order chi connectivity index (χ1) is 10.5. The molecule has 22 heavy (non-hydrogen) atoms. The van der Waals surface area contributed by atoms with Gasteiger partial charge in [0.1, 0.15) is 5.82 Å². The molecule has 1 aromatic carbocycles. The number of carbonyl (C=O) groups excluding carboxylic acids is 1. The van der Waals surface area contributed by atoms with E-state index in [1.54, 1.807) is 0 Å². The molecule has 0 spiro atoms. The molecule has 1 fully saturated rings. The Morgan fingerprint density at radius 2 is 2.09 bits per heavy atom. The van der Waals surface area contributed by atoms with E-state index in [9.17, 15) is 19.1 Å². The molecule has 2 aliphatic rings. The van der Waals surface area contributed by atoms with Crippen molar-refractivity contribution < 1.29 is 19.1 Å². The summed E-state index contributed by atoms with van der Waals surface area (Å²) in [6.45, 7) is 0. The van der Waals surface area contributed by atoms with Gasteiger partial charge in [-0.2, -0.15) is 0 Å². The fourth-order valence-electron chi connectivity index (χ4n) is 3.31. The third kappa shape index (κ3) is 2.73. The van der Waals surface area contributed by atoms with Crippen LogP contribution in [0.5, 0.6) is 0 Å². The Bertz CT molecular complexity index is 661. The monoisotopic (exact) mass is 323 g/mol. The van der Waals surface area contributed by atoms with Gasteiger partial charge >= 0.3 is 5.97 Å². The van der Waals surface area contributed by atoms with Gasteiger partial charge in [0.05, 0.1) is 5.02 Å². The van der Waals surface area contributed by atoms with E-state index in [1.165, 1.54) is 12.1 Å². The van der Waals surface area contributed by atoms with Crippen LogP contribution >= 0.6 is 11.6 Å². The summed E-state index contributed by atoms with van der Waals surface area (Å²) in [5, 5.41) is 11.8. The fraction of sp³-hybridized carbons (Fsp3) is 0.375. The summed E-state index contributed by atoms with van der Waals surface area (Å²) >= 11 is 5.60. The predicted molar refractivity (Wildman–Crippen MR) is 78.8 cm³/mol. The third-order valence-corrected chi connectivity index (χ3v) is 4.73. The van der Waals surface area contributed by atoms with E-state index in [0.717, 1.165) is 18.9 Å². The summed E-state index contributed by atoms with van der Waals surface area (Å²) in [4.78, 5) is 23.8. The summed E-state index contributed by atoms with van der Waals surface area (Å²) in [6, 6.07) is 2.46. The molecular weight excluding hydrogens is 309 g/mol. The molecule has 0 aromatic heterocycles. The average Bonchev–Trinajstić information content (AvgIpc) is 3.10. The molecule has 2 bridgehead atoms. The molecular formula is C16H15ClFNO3. The smallest absolute Gasteiger partial charge is 0.330 e. The third-order valence-electron chi connectivity index (χ3n) is 4.43. The van der Waals surface area contributed by atoms with Gasteiger partial charge in [0.25, 0.3) is 0 Å². The van der Waals surface area contributed by atoms with Crippen LogP contribution in [0.25, 0.3) is 0 Å². The van der Waals surface area contributed by atoms with Crippen molar-refractivity contribution >= 4 is 23.5 Å². The molecule has 2 N–H and O–H groups in total. The first-order valence-electron chi connectivity index (χ1n) is 7.12. The van der Waals surface area contributed by atoms with Gasteiger partial charge in [-0.15, -0.1) is 0 Å². The minimum atomic E-state index is -1.28. The summed E-state index contributed by atoms with van der Waals surface area (Å²) in [6.07, 6.45) is 5.83. The molecule has 0 unspecified atom stereocenters. The number of carboxylic acids is 1. The highest BCUT2D eigenvalue weighted by atomic mass is 35.5. The lowest BCUT2D eigenvalue weighted by Gasteiger charge is -2.21. The number of hydrogen-bond donors (Lipinski definition) is 2. The van der Waals surface area contributed by atoms with Crippen LogP contribution in [-0.2, 0) is 9.59 Å². The van der Waals surface area contributed by atoms with Crippen molar-refractivity contribution in [1.29, 1.82) is 0 Å².